The lowest BCUT2D eigenvalue weighted by Crippen LogP contribution is -1.96. The fourth-order valence-electron chi connectivity index (χ4n) is 1.63. The lowest BCUT2D eigenvalue weighted by atomic mass is 10.2. The van der Waals surface area contributed by atoms with Gasteiger partial charge >= 0.3 is 0 Å². The minimum atomic E-state index is 0.400. The van der Waals surface area contributed by atoms with E-state index in [4.69, 9.17) is 16.3 Å². The van der Waals surface area contributed by atoms with Gasteiger partial charge in [0.2, 0.25) is 0 Å². The predicted octanol–water partition coefficient (Wildman–Crippen LogP) is 4.24. The van der Waals surface area contributed by atoms with Crippen molar-refractivity contribution < 1.29 is 9.53 Å². The van der Waals surface area contributed by atoms with Crippen molar-refractivity contribution in [1.82, 2.24) is 0 Å². The smallest absolute Gasteiger partial charge is 0.153 e. The van der Waals surface area contributed by atoms with Crippen LogP contribution in [0.1, 0.15) is 15.9 Å². The molecular formula is C16H13ClO2. The second kappa shape index (κ2) is 6.76. The van der Waals surface area contributed by atoms with Crippen molar-refractivity contribution in [2.24, 2.45) is 0 Å². The maximum atomic E-state index is 10.9. The molecule has 0 aromatic heterocycles. The number of halogens is 1. The van der Waals surface area contributed by atoms with E-state index in [0.717, 1.165) is 11.8 Å². The first-order chi connectivity index (χ1) is 9.29. The minimum Gasteiger partial charge on any atom is -0.489 e. The molecule has 0 aliphatic heterocycles. The Balaban J connectivity index is 1.96. The summed E-state index contributed by atoms with van der Waals surface area (Å²) in [5.41, 5.74) is 1.57. The number of rotatable bonds is 5. The van der Waals surface area contributed by atoms with E-state index in [0.29, 0.717) is 22.9 Å². The topological polar surface area (TPSA) is 26.3 Å². The fourth-order valence-corrected chi connectivity index (χ4v) is 1.81. The van der Waals surface area contributed by atoms with E-state index < -0.39 is 0 Å². The highest BCUT2D eigenvalue weighted by Crippen LogP contribution is 2.21. The Morgan fingerprint density at radius 3 is 2.63 bits per heavy atom. The monoisotopic (exact) mass is 272 g/mol. The van der Waals surface area contributed by atoms with Crippen LogP contribution in [0.25, 0.3) is 6.08 Å². The molecule has 0 saturated heterocycles. The molecule has 96 valence electrons. The standard InChI is InChI=1S/C16H13ClO2/c17-15-8-9-16(14(11-15)12-18)19-10-4-7-13-5-2-1-3-6-13/h1-9,11-12H,10H2/b7-4+. The number of ether oxygens (including phenoxy) is 1. The molecule has 0 amide bonds. The van der Waals surface area contributed by atoms with Crippen molar-refractivity contribution in [3.8, 4) is 5.75 Å². The van der Waals surface area contributed by atoms with Crippen LogP contribution in [0.5, 0.6) is 5.75 Å². The van der Waals surface area contributed by atoms with Crippen LogP contribution in [0.15, 0.2) is 54.6 Å². The average molecular weight is 273 g/mol. The third-order valence-corrected chi connectivity index (χ3v) is 2.78. The zero-order valence-electron chi connectivity index (χ0n) is 10.3. The van der Waals surface area contributed by atoms with Crippen molar-refractivity contribution in [2.45, 2.75) is 0 Å². The maximum Gasteiger partial charge on any atom is 0.153 e. The minimum absolute atomic E-state index is 0.400. The van der Waals surface area contributed by atoms with Crippen molar-refractivity contribution >= 4 is 24.0 Å². The summed E-state index contributed by atoms with van der Waals surface area (Å²) in [6.07, 6.45) is 4.61. The zero-order chi connectivity index (χ0) is 13.5. The number of carbonyl (C=O) groups excluding carboxylic acids is 1. The van der Waals surface area contributed by atoms with Crippen molar-refractivity contribution in [3.05, 3.63) is 70.8 Å². The Morgan fingerprint density at radius 2 is 1.89 bits per heavy atom. The van der Waals surface area contributed by atoms with Gasteiger partial charge in [-0.2, -0.15) is 0 Å². The Hall–Kier alpha value is -2.06. The fraction of sp³-hybridized carbons (Fsp3) is 0.0625. The molecule has 2 aromatic carbocycles. The van der Waals surface area contributed by atoms with Gasteiger partial charge in [-0.25, -0.2) is 0 Å². The summed E-state index contributed by atoms with van der Waals surface area (Å²) >= 11 is 5.81. The summed E-state index contributed by atoms with van der Waals surface area (Å²) in [5, 5.41) is 0.522. The average Bonchev–Trinajstić information content (AvgIpc) is 2.46. The first-order valence-electron chi connectivity index (χ1n) is 5.89. The maximum absolute atomic E-state index is 10.9. The van der Waals surface area contributed by atoms with Gasteiger partial charge in [0.05, 0.1) is 5.56 Å². The first-order valence-corrected chi connectivity index (χ1v) is 6.26. The van der Waals surface area contributed by atoms with Crippen LogP contribution in [0.3, 0.4) is 0 Å². The molecule has 0 saturated carbocycles. The van der Waals surface area contributed by atoms with Crippen LogP contribution < -0.4 is 4.74 Å². The highest BCUT2D eigenvalue weighted by molar-refractivity contribution is 6.30. The highest BCUT2D eigenvalue weighted by atomic mass is 35.5. The van der Waals surface area contributed by atoms with Crippen LogP contribution in [0, 0.1) is 0 Å². The molecule has 0 N–H and O–H groups in total. The number of benzene rings is 2. The van der Waals surface area contributed by atoms with Gasteiger partial charge in [-0.05, 0) is 29.8 Å². The van der Waals surface area contributed by atoms with Gasteiger partial charge in [-0.3, -0.25) is 4.79 Å². The summed E-state index contributed by atoms with van der Waals surface area (Å²) < 4.78 is 5.53. The van der Waals surface area contributed by atoms with Crippen LogP contribution in [-0.4, -0.2) is 12.9 Å². The molecular weight excluding hydrogens is 260 g/mol. The lowest BCUT2D eigenvalue weighted by molar-refractivity contribution is 0.112. The third kappa shape index (κ3) is 3.97. The second-order valence-corrected chi connectivity index (χ2v) is 4.36. The van der Waals surface area contributed by atoms with E-state index in [1.165, 1.54) is 0 Å². The second-order valence-electron chi connectivity index (χ2n) is 3.92. The first kappa shape index (κ1) is 13.4. The molecule has 2 nitrogen and oxygen atoms in total. The zero-order valence-corrected chi connectivity index (χ0v) is 11.0. The number of hydrogen-bond acceptors (Lipinski definition) is 2. The number of aldehydes is 1. The van der Waals surface area contributed by atoms with E-state index in [1.807, 2.05) is 42.5 Å². The summed E-state index contributed by atoms with van der Waals surface area (Å²) in [4.78, 5) is 10.9. The van der Waals surface area contributed by atoms with Gasteiger partial charge in [-0.1, -0.05) is 48.0 Å². The summed E-state index contributed by atoms with van der Waals surface area (Å²) in [6, 6.07) is 14.9. The third-order valence-electron chi connectivity index (χ3n) is 2.54. The molecule has 2 aromatic rings. The van der Waals surface area contributed by atoms with Gasteiger partial charge < -0.3 is 4.74 Å². The Labute approximate surface area is 117 Å². The molecule has 0 unspecified atom stereocenters. The highest BCUT2D eigenvalue weighted by Gasteiger charge is 2.02. The van der Waals surface area contributed by atoms with Gasteiger partial charge in [0.25, 0.3) is 0 Å². The largest absolute Gasteiger partial charge is 0.489 e. The van der Waals surface area contributed by atoms with Gasteiger partial charge in [0.1, 0.15) is 12.4 Å². The molecule has 0 aliphatic carbocycles. The Morgan fingerprint density at radius 1 is 1.11 bits per heavy atom. The Kier molecular flexibility index (Phi) is 4.76. The molecule has 0 aliphatic rings. The summed E-state index contributed by atoms with van der Waals surface area (Å²) in [5.74, 6) is 0.539. The van der Waals surface area contributed by atoms with E-state index in [-0.39, 0.29) is 0 Å². The normalized spacial score (nSPS) is 10.6. The van der Waals surface area contributed by atoms with Crippen LogP contribution in [0.2, 0.25) is 5.02 Å². The van der Waals surface area contributed by atoms with Crippen molar-refractivity contribution in [1.29, 1.82) is 0 Å². The van der Waals surface area contributed by atoms with E-state index >= 15 is 0 Å². The molecule has 0 atom stereocenters. The van der Waals surface area contributed by atoms with E-state index in [2.05, 4.69) is 0 Å². The molecule has 3 heteroatoms. The molecule has 0 spiro atoms. The predicted molar refractivity (Wildman–Crippen MR) is 77.8 cm³/mol. The lowest BCUT2D eigenvalue weighted by Gasteiger charge is -2.06. The number of carbonyl (C=O) groups is 1. The molecule has 19 heavy (non-hydrogen) atoms. The molecule has 0 bridgehead atoms. The van der Waals surface area contributed by atoms with E-state index in [9.17, 15) is 4.79 Å². The molecule has 0 fully saturated rings. The van der Waals surface area contributed by atoms with Gasteiger partial charge in [0.15, 0.2) is 6.29 Å². The Bertz CT molecular complexity index is 577. The van der Waals surface area contributed by atoms with Crippen molar-refractivity contribution in [2.75, 3.05) is 6.61 Å². The van der Waals surface area contributed by atoms with Gasteiger partial charge in [-0.15, -0.1) is 0 Å². The number of hydrogen-bond donors (Lipinski definition) is 0. The van der Waals surface area contributed by atoms with Crippen LogP contribution in [0.4, 0.5) is 0 Å². The van der Waals surface area contributed by atoms with Gasteiger partial charge in [0, 0.05) is 5.02 Å². The quantitative estimate of drug-likeness (QED) is 0.761. The molecule has 0 heterocycles. The van der Waals surface area contributed by atoms with E-state index in [1.54, 1.807) is 18.2 Å². The summed E-state index contributed by atoms with van der Waals surface area (Å²) in [6.45, 7) is 0.400. The molecule has 2 rings (SSSR count). The van der Waals surface area contributed by atoms with Crippen molar-refractivity contribution in [3.63, 3.8) is 0 Å². The van der Waals surface area contributed by atoms with Crippen LogP contribution in [-0.2, 0) is 0 Å². The summed E-state index contributed by atoms with van der Waals surface area (Å²) in [7, 11) is 0. The molecule has 0 radical (unpaired) electrons. The SMILES string of the molecule is O=Cc1cc(Cl)ccc1OC/C=C/c1ccccc1. The van der Waals surface area contributed by atoms with Crippen LogP contribution >= 0.6 is 11.6 Å².